The van der Waals surface area contributed by atoms with E-state index in [4.69, 9.17) is 9.57 Å². The van der Waals surface area contributed by atoms with Crippen LogP contribution in [0.5, 0.6) is 0 Å². The molecule has 1 aliphatic carbocycles. The number of carbonyl (C=O) groups excluding carboxylic acids is 1. The number of nitrogens with one attached hydrogen (secondary N) is 2. The monoisotopic (exact) mass is 328 g/mol. The van der Waals surface area contributed by atoms with Gasteiger partial charge in [-0.1, -0.05) is 19.1 Å². The van der Waals surface area contributed by atoms with E-state index < -0.39 is 0 Å². The minimum absolute atomic E-state index is 0.221. The quantitative estimate of drug-likeness (QED) is 0.848. The molecule has 0 saturated carbocycles. The van der Waals surface area contributed by atoms with Gasteiger partial charge >= 0.3 is 0 Å². The van der Waals surface area contributed by atoms with Gasteiger partial charge in [0.15, 0.2) is 6.29 Å². The predicted molar refractivity (Wildman–Crippen MR) is 91.6 cm³/mol. The maximum absolute atomic E-state index is 12.6. The SMILES string of the molecule is C[C@@H]1CCc2[nH]c3c(C(=O)NO[C@H]4CCCCO4)cccc3c2C1. The van der Waals surface area contributed by atoms with E-state index in [0.717, 1.165) is 43.0 Å². The summed E-state index contributed by atoms with van der Waals surface area (Å²) in [6, 6.07) is 5.89. The molecule has 1 aromatic carbocycles. The minimum Gasteiger partial charge on any atom is -0.358 e. The van der Waals surface area contributed by atoms with E-state index in [-0.39, 0.29) is 12.2 Å². The maximum atomic E-state index is 12.6. The van der Waals surface area contributed by atoms with E-state index in [1.54, 1.807) is 0 Å². The average molecular weight is 328 g/mol. The Labute approximate surface area is 141 Å². The fourth-order valence-corrected chi connectivity index (χ4v) is 3.78. The average Bonchev–Trinajstić information content (AvgIpc) is 2.98. The fraction of sp³-hybridized carbons (Fsp3) is 0.526. The summed E-state index contributed by atoms with van der Waals surface area (Å²) >= 11 is 0. The number of hydrogen-bond donors (Lipinski definition) is 2. The number of para-hydroxylation sites is 1. The standard InChI is InChI=1S/C19H24N2O3/c1-12-8-9-16-15(11-12)13-5-4-6-14(18(13)20-16)19(22)21-24-17-7-2-3-10-23-17/h4-6,12,17,20H,2-3,7-11H2,1H3,(H,21,22)/t12-,17+/m1/s1. The van der Waals surface area contributed by atoms with E-state index in [2.05, 4.69) is 23.5 Å². The van der Waals surface area contributed by atoms with Gasteiger partial charge in [0.05, 0.1) is 11.1 Å². The zero-order valence-electron chi connectivity index (χ0n) is 14.1. The summed E-state index contributed by atoms with van der Waals surface area (Å²) in [5.41, 5.74) is 6.76. The van der Waals surface area contributed by atoms with Crippen molar-refractivity contribution in [3.8, 4) is 0 Å². The van der Waals surface area contributed by atoms with Crippen molar-refractivity contribution in [2.45, 2.75) is 51.7 Å². The van der Waals surface area contributed by atoms with Crippen LogP contribution in [0, 0.1) is 5.92 Å². The number of hydroxylamine groups is 1. The number of rotatable bonds is 3. The molecule has 0 spiro atoms. The van der Waals surface area contributed by atoms with Crippen LogP contribution in [-0.2, 0) is 22.4 Å². The van der Waals surface area contributed by atoms with Crippen LogP contribution >= 0.6 is 0 Å². The normalized spacial score (nSPS) is 23.9. The molecule has 1 saturated heterocycles. The Morgan fingerprint density at radius 3 is 3.08 bits per heavy atom. The predicted octanol–water partition coefficient (Wildman–Crippen LogP) is 3.48. The maximum Gasteiger partial charge on any atom is 0.277 e. The summed E-state index contributed by atoms with van der Waals surface area (Å²) in [6.45, 7) is 2.98. The number of fused-ring (bicyclic) bond motifs is 3. The van der Waals surface area contributed by atoms with Crippen molar-refractivity contribution in [2.24, 2.45) is 5.92 Å². The lowest BCUT2D eigenvalue weighted by atomic mass is 9.87. The zero-order valence-corrected chi connectivity index (χ0v) is 14.1. The molecule has 5 nitrogen and oxygen atoms in total. The highest BCUT2D eigenvalue weighted by Gasteiger charge is 2.23. The van der Waals surface area contributed by atoms with Crippen molar-refractivity contribution < 1.29 is 14.4 Å². The molecule has 2 aliphatic rings. The second kappa shape index (κ2) is 6.57. The van der Waals surface area contributed by atoms with Crippen LogP contribution in [0.15, 0.2) is 18.2 Å². The van der Waals surface area contributed by atoms with Gasteiger partial charge in [0.25, 0.3) is 5.91 Å². The summed E-state index contributed by atoms with van der Waals surface area (Å²) in [7, 11) is 0. The number of ether oxygens (including phenoxy) is 1. The molecule has 1 aliphatic heterocycles. The Hall–Kier alpha value is -1.85. The number of H-pyrrole nitrogens is 1. The zero-order chi connectivity index (χ0) is 16.5. The molecule has 2 heterocycles. The molecule has 1 aromatic heterocycles. The molecule has 2 aromatic rings. The van der Waals surface area contributed by atoms with Crippen molar-refractivity contribution in [3.63, 3.8) is 0 Å². The summed E-state index contributed by atoms with van der Waals surface area (Å²) in [4.78, 5) is 21.5. The number of amides is 1. The molecule has 2 N–H and O–H groups in total. The Morgan fingerprint density at radius 1 is 1.33 bits per heavy atom. The number of hydrogen-bond acceptors (Lipinski definition) is 3. The van der Waals surface area contributed by atoms with E-state index in [1.807, 2.05) is 12.1 Å². The first kappa shape index (κ1) is 15.7. The lowest BCUT2D eigenvalue weighted by Crippen LogP contribution is -2.33. The van der Waals surface area contributed by atoms with E-state index in [0.29, 0.717) is 18.1 Å². The smallest absolute Gasteiger partial charge is 0.277 e. The largest absolute Gasteiger partial charge is 0.358 e. The van der Waals surface area contributed by atoms with Gasteiger partial charge in [-0.25, -0.2) is 10.3 Å². The highest BCUT2D eigenvalue weighted by atomic mass is 16.8. The molecule has 0 bridgehead atoms. The topological polar surface area (TPSA) is 63.4 Å². The molecule has 4 rings (SSSR count). The lowest BCUT2D eigenvalue weighted by Gasteiger charge is -2.22. The third-order valence-electron chi connectivity index (χ3n) is 5.14. The Balaban J connectivity index is 1.56. The van der Waals surface area contributed by atoms with Crippen molar-refractivity contribution in [3.05, 3.63) is 35.0 Å². The first-order valence-corrected chi connectivity index (χ1v) is 8.92. The van der Waals surface area contributed by atoms with Crippen LogP contribution in [0.25, 0.3) is 10.9 Å². The first-order valence-electron chi connectivity index (χ1n) is 8.92. The Kier molecular flexibility index (Phi) is 4.29. The van der Waals surface area contributed by atoms with Gasteiger partial charge in [0.1, 0.15) is 0 Å². The molecule has 0 unspecified atom stereocenters. The molecule has 1 fully saturated rings. The number of benzene rings is 1. The van der Waals surface area contributed by atoms with Crippen LogP contribution in [0.2, 0.25) is 0 Å². The van der Waals surface area contributed by atoms with Crippen molar-refractivity contribution in [2.75, 3.05) is 6.61 Å². The Morgan fingerprint density at radius 2 is 2.25 bits per heavy atom. The van der Waals surface area contributed by atoms with Gasteiger partial charge < -0.3 is 9.72 Å². The van der Waals surface area contributed by atoms with E-state index in [9.17, 15) is 4.79 Å². The number of aryl methyl sites for hydroxylation is 1. The van der Waals surface area contributed by atoms with Crippen LogP contribution in [-0.4, -0.2) is 23.8 Å². The molecular formula is C19H24N2O3. The summed E-state index contributed by atoms with van der Waals surface area (Å²) < 4.78 is 5.49. The molecule has 0 radical (unpaired) electrons. The van der Waals surface area contributed by atoms with Crippen molar-refractivity contribution in [1.82, 2.24) is 10.5 Å². The summed E-state index contributed by atoms with van der Waals surface area (Å²) in [6.07, 6.45) is 5.94. The van der Waals surface area contributed by atoms with Crippen LogP contribution in [0.1, 0.15) is 54.2 Å². The number of carbonyl (C=O) groups is 1. The highest BCUT2D eigenvalue weighted by Crippen LogP contribution is 2.32. The second-order valence-corrected chi connectivity index (χ2v) is 7.00. The lowest BCUT2D eigenvalue weighted by molar-refractivity contribution is -0.186. The molecule has 5 heteroatoms. The highest BCUT2D eigenvalue weighted by molar-refractivity contribution is 6.06. The third-order valence-corrected chi connectivity index (χ3v) is 5.14. The minimum atomic E-state index is -0.334. The van der Waals surface area contributed by atoms with Gasteiger partial charge in [-0.05, 0) is 49.7 Å². The van der Waals surface area contributed by atoms with Gasteiger partial charge in [0, 0.05) is 24.1 Å². The van der Waals surface area contributed by atoms with Crippen molar-refractivity contribution >= 4 is 16.8 Å². The van der Waals surface area contributed by atoms with E-state index >= 15 is 0 Å². The number of aromatic nitrogens is 1. The first-order chi connectivity index (χ1) is 11.7. The molecule has 1 amide bonds. The summed E-state index contributed by atoms with van der Waals surface area (Å²) in [5.74, 6) is 0.474. The fourth-order valence-electron chi connectivity index (χ4n) is 3.78. The van der Waals surface area contributed by atoms with Crippen molar-refractivity contribution in [1.29, 1.82) is 0 Å². The summed E-state index contributed by atoms with van der Waals surface area (Å²) in [5, 5.41) is 1.16. The van der Waals surface area contributed by atoms with Crippen LogP contribution < -0.4 is 5.48 Å². The van der Waals surface area contributed by atoms with Gasteiger partial charge in [-0.15, -0.1) is 0 Å². The second-order valence-electron chi connectivity index (χ2n) is 7.00. The molecular weight excluding hydrogens is 304 g/mol. The van der Waals surface area contributed by atoms with E-state index in [1.165, 1.54) is 17.7 Å². The molecule has 24 heavy (non-hydrogen) atoms. The van der Waals surface area contributed by atoms with Gasteiger partial charge in [-0.3, -0.25) is 4.79 Å². The van der Waals surface area contributed by atoms with Crippen LogP contribution in [0.4, 0.5) is 0 Å². The Bertz CT molecular complexity index is 746. The molecule has 2 atom stereocenters. The molecule has 128 valence electrons. The number of aromatic amines is 1. The van der Waals surface area contributed by atoms with Gasteiger partial charge in [0.2, 0.25) is 0 Å². The van der Waals surface area contributed by atoms with Gasteiger partial charge in [-0.2, -0.15) is 0 Å². The van der Waals surface area contributed by atoms with Crippen LogP contribution in [0.3, 0.4) is 0 Å². The third kappa shape index (κ3) is 2.94.